The second-order valence-corrected chi connectivity index (χ2v) is 4.21. The minimum atomic E-state index is -3.53. The van der Waals surface area contributed by atoms with Crippen molar-refractivity contribution in [3.05, 3.63) is 24.3 Å². The average molecular weight is 197 g/mol. The molecule has 0 fully saturated rings. The summed E-state index contributed by atoms with van der Waals surface area (Å²) in [6.07, 6.45) is 0. The molecular formula is C8H7NO3S. The summed E-state index contributed by atoms with van der Waals surface area (Å²) in [7, 11) is -3.53. The topological polar surface area (TPSA) is 55.7 Å². The van der Waals surface area contributed by atoms with Gasteiger partial charge in [0.2, 0.25) is 5.90 Å². The summed E-state index contributed by atoms with van der Waals surface area (Å²) in [5.41, 5.74) is 0. The van der Waals surface area contributed by atoms with Gasteiger partial charge in [-0.25, -0.2) is 0 Å². The van der Waals surface area contributed by atoms with Gasteiger partial charge in [0, 0.05) is 6.92 Å². The first-order valence-electron chi connectivity index (χ1n) is 3.68. The van der Waals surface area contributed by atoms with Crippen LogP contribution in [-0.2, 0) is 10.0 Å². The third kappa shape index (κ3) is 1.31. The number of fused-ring (bicyclic) bond motifs is 1. The van der Waals surface area contributed by atoms with Gasteiger partial charge in [-0.1, -0.05) is 12.1 Å². The van der Waals surface area contributed by atoms with Gasteiger partial charge in [-0.05, 0) is 12.1 Å². The summed E-state index contributed by atoms with van der Waals surface area (Å²) >= 11 is 0. The Kier molecular flexibility index (Phi) is 1.63. The lowest BCUT2D eigenvalue weighted by Gasteiger charge is -2.13. The van der Waals surface area contributed by atoms with E-state index in [1.807, 2.05) is 0 Å². The summed E-state index contributed by atoms with van der Waals surface area (Å²) in [6.45, 7) is 1.51. The quantitative estimate of drug-likeness (QED) is 0.627. The fourth-order valence-corrected chi connectivity index (χ4v) is 2.23. The molecule has 1 aromatic carbocycles. The molecule has 0 saturated carbocycles. The molecule has 0 amide bonds. The zero-order valence-corrected chi connectivity index (χ0v) is 7.71. The Balaban J connectivity index is 2.73. The monoisotopic (exact) mass is 197 g/mol. The maximum Gasteiger partial charge on any atom is 0.289 e. The molecule has 0 aliphatic carbocycles. The minimum Gasteiger partial charge on any atom is -0.441 e. The maximum absolute atomic E-state index is 11.4. The normalized spacial score (nSPS) is 18.4. The number of rotatable bonds is 0. The predicted octanol–water partition coefficient (Wildman–Crippen LogP) is 1.19. The summed E-state index contributed by atoms with van der Waals surface area (Å²) < 4.78 is 31.4. The summed E-state index contributed by atoms with van der Waals surface area (Å²) in [5.74, 6) is 0.494. The minimum absolute atomic E-state index is 0.126. The molecule has 1 aliphatic heterocycles. The molecule has 5 heteroatoms. The Hall–Kier alpha value is -1.36. The largest absolute Gasteiger partial charge is 0.441 e. The fraction of sp³-hybridized carbons (Fsp3) is 0.125. The molecule has 4 nitrogen and oxygen atoms in total. The van der Waals surface area contributed by atoms with E-state index in [2.05, 4.69) is 4.40 Å². The SMILES string of the molecule is CC1=NS(=O)(=O)c2ccccc2O1. The zero-order chi connectivity index (χ0) is 9.47. The highest BCUT2D eigenvalue weighted by Gasteiger charge is 2.23. The lowest BCUT2D eigenvalue weighted by molar-refractivity contribution is 0.514. The van der Waals surface area contributed by atoms with Crippen LogP contribution in [0.2, 0.25) is 0 Å². The molecular weight excluding hydrogens is 190 g/mol. The number of sulfonamides is 1. The van der Waals surface area contributed by atoms with Crippen LogP contribution in [0.1, 0.15) is 6.92 Å². The third-order valence-electron chi connectivity index (χ3n) is 1.63. The molecule has 1 heterocycles. The van der Waals surface area contributed by atoms with Crippen molar-refractivity contribution in [1.29, 1.82) is 0 Å². The van der Waals surface area contributed by atoms with Crippen LogP contribution in [0.3, 0.4) is 0 Å². The van der Waals surface area contributed by atoms with E-state index < -0.39 is 10.0 Å². The third-order valence-corrected chi connectivity index (χ3v) is 3.02. The van der Waals surface area contributed by atoms with E-state index in [0.29, 0.717) is 5.75 Å². The van der Waals surface area contributed by atoms with Gasteiger partial charge in [-0.3, -0.25) is 0 Å². The van der Waals surface area contributed by atoms with Crippen LogP contribution in [0.25, 0.3) is 0 Å². The van der Waals surface area contributed by atoms with E-state index in [9.17, 15) is 8.42 Å². The van der Waals surface area contributed by atoms with E-state index in [1.54, 1.807) is 18.2 Å². The molecule has 0 radical (unpaired) electrons. The number of ether oxygens (including phenoxy) is 1. The number of nitrogens with zero attached hydrogens (tertiary/aromatic N) is 1. The molecule has 0 spiro atoms. The highest BCUT2D eigenvalue weighted by atomic mass is 32.2. The molecule has 2 rings (SSSR count). The summed E-state index contributed by atoms with van der Waals surface area (Å²) in [5, 5.41) is 0. The molecule has 0 aromatic heterocycles. The van der Waals surface area contributed by atoms with Crippen molar-refractivity contribution in [3.63, 3.8) is 0 Å². The smallest absolute Gasteiger partial charge is 0.289 e. The Morgan fingerprint density at radius 2 is 2.00 bits per heavy atom. The van der Waals surface area contributed by atoms with Crippen LogP contribution in [0.4, 0.5) is 0 Å². The summed E-state index contributed by atoms with van der Waals surface area (Å²) in [4.78, 5) is 0.126. The Morgan fingerprint density at radius 3 is 2.77 bits per heavy atom. The Morgan fingerprint density at radius 1 is 1.31 bits per heavy atom. The Bertz CT molecular complexity index is 476. The Labute approximate surface area is 75.9 Å². The molecule has 68 valence electrons. The van der Waals surface area contributed by atoms with E-state index in [4.69, 9.17) is 4.74 Å². The zero-order valence-electron chi connectivity index (χ0n) is 6.89. The van der Waals surface area contributed by atoms with Gasteiger partial charge in [0.1, 0.15) is 10.6 Å². The molecule has 0 bridgehead atoms. The van der Waals surface area contributed by atoms with Gasteiger partial charge in [0.25, 0.3) is 10.0 Å². The second kappa shape index (κ2) is 2.56. The maximum atomic E-state index is 11.4. The van der Waals surface area contributed by atoms with Crippen molar-refractivity contribution >= 4 is 15.9 Å². The van der Waals surface area contributed by atoms with Crippen molar-refractivity contribution in [2.75, 3.05) is 0 Å². The van der Waals surface area contributed by atoms with Gasteiger partial charge < -0.3 is 4.74 Å². The molecule has 1 aliphatic rings. The molecule has 0 saturated heterocycles. The fourth-order valence-electron chi connectivity index (χ4n) is 1.14. The van der Waals surface area contributed by atoms with Crippen molar-refractivity contribution in [3.8, 4) is 5.75 Å². The first-order valence-corrected chi connectivity index (χ1v) is 5.12. The first kappa shape index (κ1) is 8.25. The van der Waals surface area contributed by atoms with Crippen LogP contribution in [0.15, 0.2) is 33.6 Å². The van der Waals surface area contributed by atoms with Gasteiger partial charge in [-0.2, -0.15) is 8.42 Å². The van der Waals surface area contributed by atoms with Gasteiger partial charge in [0.15, 0.2) is 0 Å². The van der Waals surface area contributed by atoms with E-state index in [-0.39, 0.29) is 10.8 Å². The predicted molar refractivity (Wildman–Crippen MR) is 47.4 cm³/mol. The lowest BCUT2D eigenvalue weighted by Crippen LogP contribution is -2.15. The standard InChI is InChI=1S/C8H7NO3S/c1-6-9-13(10,11)8-5-3-2-4-7(8)12-6/h2-5H,1H3. The molecule has 0 unspecified atom stereocenters. The molecule has 1 aromatic rings. The van der Waals surface area contributed by atoms with Crippen LogP contribution < -0.4 is 4.74 Å². The number of hydrogen-bond donors (Lipinski definition) is 0. The highest BCUT2D eigenvalue weighted by Crippen LogP contribution is 2.28. The van der Waals surface area contributed by atoms with E-state index in [0.717, 1.165) is 0 Å². The highest BCUT2D eigenvalue weighted by molar-refractivity contribution is 7.90. The number of hydrogen-bond acceptors (Lipinski definition) is 3. The van der Waals surface area contributed by atoms with E-state index in [1.165, 1.54) is 13.0 Å². The van der Waals surface area contributed by atoms with Gasteiger partial charge in [-0.15, -0.1) is 4.40 Å². The molecule has 0 atom stereocenters. The lowest BCUT2D eigenvalue weighted by atomic mass is 10.3. The first-order chi connectivity index (χ1) is 6.09. The van der Waals surface area contributed by atoms with Gasteiger partial charge >= 0.3 is 0 Å². The van der Waals surface area contributed by atoms with Crippen LogP contribution >= 0.6 is 0 Å². The number of benzene rings is 1. The van der Waals surface area contributed by atoms with Crippen molar-refractivity contribution in [2.24, 2.45) is 4.40 Å². The second-order valence-electron chi connectivity index (χ2n) is 2.63. The van der Waals surface area contributed by atoms with Crippen molar-refractivity contribution in [2.45, 2.75) is 11.8 Å². The van der Waals surface area contributed by atoms with Crippen LogP contribution in [-0.4, -0.2) is 14.3 Å². The van der Waals surface area contributed by atoms with Crippen molar-refractivity contribution < 1.29 is 13.2 Å². The molecule has 13 heavy (non-hydrogen) atoms. The average Bonchev–Trinajstić information content (AvgIpc) is 2.02. The molecule has 0 N–H and O–H groups in total. The van der Waals surface area contributed by atoms with E-state index >= 15 is 0 Å². The van der Waals surface area contributed by atoms with Crippen LogP contribution in [0.5, 0.6) is 5.75 Å². The van der Waals surface area contributed by atoms with Crippen LogP contribution in [0, 0.1) is 0 Å². The van der Waals surface area contributed by atoms with Gasteiger partial charge in [0.05, 0.1) is 0 Å². The number of para-hydroxylation sites is 1. The summed E-state index contributed by atoms with van der Waals surface area (Å²) in [6, 6.07) is 6.43. The van der Waals surface area contributed by atoms with Crippen molar-refractivity contribution in [1.82, 2.24) is 0 Å².